The Balaban J connectivity index is 2.22. The highest BCUT2D eigenvalue weighted by atomic mass is 79.9. The molecule has 5 nitrogen and oxygen atoms in total. The molecule has 20 heavy (non-hydrogen) atoms. The second-order valence-corrected chi connectivity index (χ2v) is 6.48. The van der Waals surface area contributed by atoms with Crippen LogP contribution >= 0.6 is 27.5 Å². The van der Waals surface area contributed by atoms with Crippen LogP contribution in [0, 0.1) is 11.3 Å². The molecule has 0 bridgehead atoms. The van der Waals surface area contributed by atoms with Crippen LogP contribution in [0.2, 0.25) is 5.02 Å². The molecule has 1 aliphatic carbocycles. The summed E-state index contributed by atoms with van der Waals surface area (Å²) in [5.74, 6) is 0.0119. The minimum Gasteiger partial charge on any atom is -0.409 e. The topological polar surface area (TPSA) is 87.7 Å². The van der Waals surface area contributed by atoms with E-state index in [0.717, 1.165) is 4.47 Å². The van der Waals surface area contributed by atoms with Gasteiger partial charge in [-0.3, -0.25) is 4.79 Å². The van der Waals surface area contributed by atoms with Crippen LogP contribution in [0.4, 0.5) is 5.69 Å². The Hall–Kier alpha value is -1.27. The van der Waals surface area contributed by atoms with Crippen molar-refractivity contribution < 1.29 is 10.0 Å². The van der Waals surface area contributed by atoms with E-state index in [2.05, 4.69) is 26.4 Å². The predicted molar refractivity (Wildman–Crippen MR) is 82.0 cm³/mol. The van der Waals surface area contributed by atoms with Gasteiger partial charge in [-0.2, -0.15) is 0 Å². The number of anilines is 1. The standard InChI is InChI=1S/C13H15BrClN3O2/c1-7-5-13(6-7,11(16)18-20)12(19)17-10-3-2-8(14)4-9(10)15/h2-4,7,20H,5-6H2,1H3,(H2,16,18)(H,17,19). The van der Waals surface area contributed by atoms with E-state index in [-0.39, 0.29) is 11.7 Å². The fraction of sp³-hybridized carbons (Fsp3) is 0.385. The number of amidine groups is 1. The second kappa shape index (κ2) is 5.61. The first kappa shape index (κ1) is 15.1. The maximum Gasteiger partial charge on any atom is 0.238 e. The van der Waals surface area contributed by atoms with Gasteiger partial charge in [0.15, 0.2) is 5.84 Å². The maximum atomic E-state index is 12.4. The highest BCUT2D eigenvalue weighted by Crippen LogP contribution is 2.46. The van der Waals surface area contributed by atoms with Crippen molar-refractivity contribution in [2.24, 2.45) is 22.2 Å². The number of rotatable bonds is 3. The zero-order valence-electron chi connectivity index (χ0n) is 10.9. The predicted octanol–water partition coefficient (Wildman–Crippen LogP) is 3.20. The molecule has 0 atom stereocenters. The Bertz CT molecular complexity index is 571. The van der Waals surface area contributed by atoms with Gasteiger partial charge in [-0.1, -0.05) is 39.6 Å². The zero-order chi connectivity index (χ0) is 14.9. The number of oxime groups is 1. The molecule has 0 unspecified atom stereocenters. The van der Waals surface area contributed by atoms with Crippen LogP contribution in [0.5, 0.6) is 0 Å². The van der Waals surface area contributed by atoms with Crippen molar-refractivity contribution in [1.82, 2.24) is 0 Å². The summed E-state index contributed by atoms with van der Waals surface area (Å²) in [7, 11) is 0. The van der Waals surface area contributed by atoms with Crippen LogP contribution in [0.25, 0.3) is 0 Å². The lowest BCUT2D eigenvalue weighted by Gasteiger charge is -2.43. The normalized spacial score (nSPS) is 25.9. The number of halogens is 2. The Morgan fingerprint density at radius 3 is 2.75 bits per heavy atom. The lowest BCUT2D eigenvalue weighted by molar-refractivity contribution is -0.127. The number of benzene rings is 1. The molecular formula is C13H15BrClN3O2. The number of nitrogens with two attached hydrogens (primary N) is 1. The first-order chi connectivity index (χ1) is 9.39. The average Bonchev–Trinajstić information content (AvgIpc) is 2.37. The van der Waals surface area contributed by atoms with Crippen LogP contribution in [0.1, 0.15) is 19.8 Å². The highest BCUT2D eigenvalue weighted by molar-refractivity contribution is 9.10. The summed E-state index contributed by atoms with van der Waals surface area (Å²) in [6, 6.07) is 5.17. The molecule has 108 valence electrons. The number of carbonyl (C=O) groups is 1. The molecule has 0 saturated heterocycles. The van der Waals surface area contributed by atoms with Crippen molar-refractivity contribution in [3.05, 3.63) is 27.7 Å². The molecule has 1 aromatic carbocycles. The zero-order valence-corrected chi connectivity index (χ0v) is 13.2. The van der Waals surface area contributed by atoms with Gasteiger partial charge in [0.2, 0.25) is 5.91 Å². The molecule has 0 spiro atoms. The number of amides is 1. The third kappa shape index (κ3) is 2.62. The van der Waals surface area contributed by atoms with Gasteiger partial charge < -0.3 is 16.3 Å². The molecule has 0 aliphatic heterocycles. The SMILES string of the molecule is CC1CC(C(=O)Nc2ccc(Br)cc2Cl)(/C(N)=N/O)C1. The van der Waals surface area contributed by atoms with Gasteiger partial charge in [0.25, 0.3) is 0 Å². The van der Waals surface area contributed by atoms with Crippen LogP contribution < -0.4 is 11.1 Å². The van der Waals surface area contributed by atoms with Gasteiger partial charge in [0.05, 0.1) is 10.7 Å². The lowest BCUT2D eigenvalue weighted by atomic mass is 9.61. The maximum absolute atomic E-state index is 12.4. The molecule has 1 fully saturated rings. The van der Waals surface area contributed by atoms with Gasteiger partial charge in [0.1, 0.15) is 5.41 Å². The average molecular weight is 361 g/mol. The van der Waals surface area contributed by atoms with Gasteiger partial charge in [-0.05, 0) is 37.0 Å². The summed E-state index contributed by atoms with van der Waals surface area (Å²) < 4.78 is 0.823. The van der Waals surface area contributed by atoms with E-state index in [0.29, 0.717) is 29.5 Å². The second-order valence-electron chi connectivity index (χ2n) is 5.16. The molecule has 0 aromatic heterocycles. The molecule has 4 N–H and O–H groups in total. The first-order valence-electron chi connectivity index (χ1n) is 6.13. The monoisotopic (exact) mass is 359 g/mol. The largest absolute Gasteiger partial charge is 0.409 e. The number of nitrogens with zero attached hydrogens (tertiary/aromatic N) is 1. The van der Waals surface area contributed by atoms with E-state index in [4.69, 9.17) is 22.5 Å². The number of nitrogens with one attached hydrogen (secondary N) is 1. The van der Waals surface area contributed by atoms with E-state index >= 15 is 0 Å². The minimum absolute atomic E-state index is 0.0543. The smallest absolute Gasteiger partial charge is 0.238 e. The van der Waals surface area contributed by atoms with Crippen molar-refractivity contribution in [2.75, 3.05) is 5.32 Å². The van der Waals surface area contributed by atoms with Crippen molar-refractivity contribution in [3.8, 4) is 0 Å². The summed E-state index contributed by atoms with van der Waals surface area (Å²) in [5, 5.41) is 15.1. The first-order valence-corrected chi connectivity index (χ1v) is 7.30. The summed E-state index contributed by atoms with van der Waals surface area (Å²) in [6.07, 6.45) is 1.12. The number of carbonyl (C=O) groups excluding carboxylic acids is 1. The van der Waals surface area contributed by atoms with Crippen LogP contribution in [-0.4, -0.2) is 17.0 Å². The number of hydrogen-bond acceptors (Lipinski definition) is 3. The Morgan fingerprint density at radius 2 is 2.25 bits per heavy atom. The summed E-state index contributed by atoms with van der Waals surface area (Å²) >= 11 is 9.37. The lowest BCUT2D eigenvalue weighted by Crippen LogP contribution is -2.54. The minimum atomic E-state index is -0.940. The fourth-order valence-electron chi connectivity index (χ4n) is 2.57. The highest BCUT2D eigenvalue weighted by Gasteiger charge is 2.52. The number of hydrogen-bond donors (Lipinski definition) is 3. The van der Waals surface area contributed by atoms with Crippen LogP contribution in [0.3, 0.4) is 0 Å². The third-order valence-corrected chi connectivity index (χ3v) is 4.41. The van der Waals surface area contributed by atoms with Gasteiger partial charge >= 0.3 is 0 Å². The molecular weight excluding hydrogens is 346 g/mol. The Morgan fingerprint density at radius 1 is 1.60 bits per heavy atom. The van der Waals surface area contributed by atoms with Crippen LogP contribution in [0.15, 0.2) is 27.8 Å². The molecule has 0 radical (unpaired) electrons. The van der Waals surface area contributed by atoms with E-state index in [1.165, 1.54) is 0 Å². The van der Waals surface area contributed by atoms with Crippen molar-refractivity contribution in [2.45, 2.75) is 19.8 Å². The molecule has 1 aliphatic rings. The quantitative estimate of drug-likeness (QED) is 0.335. The van der Waals surface area contributed by atoms with Gasteiger partial charge in [-0.15, -0.1) is 0 Å². The van der Waals surface area contributed by atoms with Crippen molar-refractivity contribution in [1.29, 1.82) is 0 Å². The molecule has 0 heterocycles. The summed E-state index contributed by atoms with van der Waals surface area (Å²) in [4.78, 5) is 12.4. The molecule has 7 heteroatoms. The van der Waals surface area contributed by atoms with Crippen molar-refractivity contribution in [3.63, 3.8) is 0 Å². The summed E-state index contributed by atoms with van der Waals surface area (Å²) in [5.41, 5.74) is 5.26. The van der Waals surface area contributed by atoms with Crippen molar-refractivity contribution >= 4 is 45.0 Å². The van der Waals surface area contributed by atoms with E-state index in [1.54, 1.807) is 18.2 Å². The fourth-order valence-corrected chi connectivity index (χ4v) is 3.29. The third-order valence-electron chi connectivity index (χ3n) is 3.61. The van der Waals surface area contributed by atoms with Crippen LogP contribution in [-0.2, 0) is 4.79 Å². The molecule has 1 aromatic rings. The van der Waals surface area contributed by atoms with E-state index in [1.807, 2.05) is 6.92 Å². The van der Waals surface area contributed by atoms with Gasteiger partial charge in [0, 0.05) is 4.47 Å². The van der Waals surface area contributed by atoms with E-state index in [9.17, 15) is 4.79 Å². The molecule has 2 rings (SSSR count). The Labute approximate surface area is 130 Å². The molecule has 1 amide bonds. The molecule has 1 saturated carbocycles. The Kier molecular flexibility index (Phi) is 4.25. The summed E-state index contributed by atoms with van der Waals surface area (Å²) in [6.45, 7) is 2.02. The van der Waals surface area contributed by atoms with Gasteiger partial charge in [-0.25, -0.2) is 0 Å². The van der Waals surface area contributed by atoms with E-state index < -0.39 is 5.41 Å².